The molecule has 0 atom stereocenters. The fraction of sp³-hybridized carbons (Fsp3) is 0.462. The van der Waals surface area contributed by atoms with Crippen molar-refractivity contribution in [1.82, 2.24) is 4.31 Å². The number of ether oxygens (including phenoxy) is 2. The molecule has 1 rings (SSSR count). The summed E-state index contributed by atoms with van der Waals surface area (Å²) in [4.78, 5) is 11.6. The smallest absolute Gasteiger partial charge is 0.321 e. The van der Waals surface area contributed by atoms with Gasteiger partial charge in [0.2, 0.25) is 10.0 Å². The van der Waals surface area contributed by atoms with Crippen LogP contribution < -0.4 is 5.73 Å². The van der Waals surface area contributed by atoms with Gasteiger partial charge >= 0.3 is 5.97 Å². The van der Waals surface area contributed by atoms with Gasteiger partial charge < -0.3 is 15.2 Å². The molecule has 1 aromatic rings. The summed E-state index contributed by atoms with van der Waals surface area (Å²) >= 11 is 0. The largest absolute Gasteiger partial charge is 0.465 e. The van der Waals surface area contributed by atoms with Crippen LogP contribution in [0.3, 0.4) is 0 Å². The zero-order valence-electron chi connectivity index (χ0n) is 12.1. The number of benzene rings is 1. The Bertz CT molecular complexity index is 556. The predicted molar refractivity (Wildman–Crippen MR) is 78.1 cm³/mol. The van der Waals surface area contributed by atoms with Crippen molar-refractivity contribution in [3.05, 3.63) is 24.3 Å². The van der Waals surface area contributed by atoms with Gasteiger partial charge in [0.1, 0.15) is 6.54 Å². The standard InChI is InChI=1S/C13H20N2O5S/c1-3-20-13(16)10-15(8-9-19-2)21(17,18)12-6-4-11(14)5-7-12/h4-7H,3,8-10,14H2,1-2H3. The molecule has 0 fully saturated rings. The summed E-state index contributed by atoms with van der Waals surface area (Å²) in [6, 6.07) is 5.78. The molecule has 1 aromatic carbocycles. The Morgan fingerprint density at radius 1 is 1.29 bits per heavy atom. The summed E-state index contributed by atoms with van der Waals surface area (Å²) in [7, 11) is -2.35. The molecule has 0 heterocycles. The molecule has 21 heavy (non-hydrogen) atoms. The van der Waals surface area contributed by atoms with E-state index in [0.29, 0.717) is 5.69 Å². The van der Waals surface area contributed by atoms with Crippen molar-refractivity contribution in [1.29, 1.82) is 0 Å². The topological polar surface area (TPSA) is 98.9 Å². The second-order valence-electron chi connectivity index (χ2n) is 4.21. The van der Waals surface area contributed by atoms with E-state index in [2.05, 4.69) is 0 Å². The average molecular weight is 316 g/mol. The highest BCUT2D eigenvalue weighted by molar-refractivity contribution is 7.89. The number of carbonyl (C=O) groups excluding carboxylic acids is 1. The minimum Gasteiger partial charge on any atom is -0.465 e. The number of nitrogens with zero attached hydrogens (tertiary/aromatic N) is 1. The highest BCUT2D eigenvalue weighted by Gasteiger charge is 2.26. The van der Waals surface area contributed by atoms with E-state index in [0.717, 1.165) is 4.31 Å². The second-order valence-corrected chi connectivity index (χ2v) is 6.14. The SMILES string of the molecule is CCOC(=O)CN(CCOC)S(=O)(=O)c1ccc(N)cc1. The Morgan fingerprint density at radius 3 is 2.43 bits per heavy atom. The minimum absolute atomic E-state index is 0.0576. The van der Waals surface area contributed by atoms with Crippen molar-refractivity contribution in [2.75, 3.05) is 39.1 Å². The maximum absolute atomic E-state index is 12.5. The zero-order valence-corrected chi connectivity index (χ0v) is 12.9. The van der Waals surface area contributed by atoms with Crippen LogP contribution in [-0.4, -0.2) is 52.1 Å². The normalized spacial score (nSPS) is 11.6. The third kappa shape index (κ3) is 5.00. The third-order valence-corrected chi connectivity index (χ3v) is 4.53. The first-order valence-corrected chi connectivity index (χ1v) is 7.86. The minimum atomic E-state index is -3.81. The van der Waals surface area contributed by atoms with Gasteiger partial charge in [-0.3, -0.25) is 4.79 Å². The number of nitrogens with two attached hydrogens (primary N) is 1. The summed E-state index contributed by atoms with van der Waals surface area (Å²) in [5.41, 5.74) is 6.00. The molecule has 0 aliphatic carbocycles. The van der Waals surface area contributed by atoms with E-state index in [-0.39, 0.29) is 31.2 Å². The molecule has 0 saturated heterocycles. The predicted octanol–water partition coefficient (Wildman–Crippen LogP) is 0.469. The number of nitrogen functional groups attached to an aromatic ring is 1. The maximum Gasteiger partial charge on any atom is 0.321 e. The Morgan fingerprint density at radius 2 is 1.90 bits per heavy atom. The number of anilines is 1. The number of sulfonamides is 1. The number of hydrogen-bond donors (Lipinski definition) is 1. The van der Waals surface area contributed by atoms with E-state index in [9.17, 15) is 13.2 Å². The molecule has 0 saturated carbocycles. The summed E-state index contributed by atoms with van der Waals surface area (Å²) < 4.78 is 35.7. The monoisotopic (exact) mass is 316 g/mol. The quantitative estimate of drug-likeness (QED) is 0.553. The van der Waals surface area contributed by atoms with Crippen LogP contribution in [0.2, 0.25) is 0 Å². The van der Waals surface area contributed by atoms with Crippen molar-refractivity contribution >= 4 is 21.7 Å². The number of hydrogen-bond acceptors (Lipinski definition) is 6. The third-order valence-electron chi connectivity index (χ3n) is 2.67. The maximum atomic E-state index is 12.5. The first-order valence-electron chi connectivity index (χ1n) is 6.42. The fourth-order valence-corrected chi connectivity index (χ4v) is 2.99. The molecule has 0 radical (unpaired) electrons. The molecule has 0 amide bonds. The van der Waals surface area contributed by atoms with Crippen LogP contribution in [0.4, 0.5) is 5.69 Å². The van der Waals surface area contributed by atoms with E-state index >= 15 is 0 Å². The summed E-state index contributed by atoms with van der Waals surface area (Å²) in [6.45, 7) is 1.73. The summed E-state index contributed by atoms with van der Waals surface area (Å²) in [6.07, 6.45) is 0. The van der Waals surface area contributed by atoms with Crippen LogP contribution >= 0.6 is 0 Å². The fourth-order valence-electron chi connectivity index (χ4n) is 1.62. The molecule has 0 bridgehead atoms. The molecule has 8 heteroatoms. The first kappa shape index (κ1) is 17.4. The highest BCUT2D eigenvalue weighted by Crippen LogP contribution is 2.17. The molecule has 0 aliphatic heterocycles. The van der Waals surface area contributed by atoms with Crippen molar-refractivity contribution in [3.63, 3.8) is 0 Å². The number of carbonyl (C=O) groups is 1. The molecular formula is C13H20N2O5S. The van der Waals surface area contributed by atoms with E-state index in [4.69, 9.17) is 15.2 Å². The van der Waals surface area contributed by atoms with Gasteiger partial charge in [-0.25, -0.2) is 8.42 Å². The molecular weight excluding hydrogens is 296 g/mol. The van der Waals surface area contributed by atoms with Crippen LogP contribution in [0.25, 0.3) is 0 Å². The van der Waals surface area contributed by atoms with Crippen LogP contribution in [0, 0.1) is 0 Å². The second kappa shape index (κ2) is 7.96. The van der Waals surface area contributed by atoms with Crippen molar-refractivity contribution < 1.29 is 22.7 Å². The van der Waals surface area contributed by atoms with E-state index in [1.165, 1.54) is 31.4 Å². The molecule has 0 aromatic heterocycles. The Hall–Kier alpha value is -1.64. The van der Waals surface area contributed by atoms with Gasteiger partial charge in [0.25, 0.3) is 0 Å². The lowest BCUT2D eigenvalue weighted by atomic mass is 10.3. The van der Waals surface area contributed by atoms with Gasteiger partial charge in [-0.15, -0.1) is 0 Å². The number of methoxy groups -OCH3 is 1. The lowest BCUT2D eigenvalue weighted by molar-refractivity contribution is -0.143. The van der Waals surface area contributed by atoms with E-state index in [1.807, 2.05) is 0 Å². The molecule has 118 valence electrons. The van der Waals surface area contributed by atoms with Gasteiger partial charge in [-0.2, -0.15) is 4.31 Å². The van der Waals surface area contributed by atoms with Gasteiger partial charge in [0, 0.05) is 19.3 Å². The van der Waals surface area contributed by atoms with Gasteiger partial charge in [0.05, 0.1) is 18.1 Å². The van der Waals surface area contributed by atoms with Gasteiger partial charge in [-0.1, -0.05) is 0 Å². The average Bonchev–Trinajstić information content (AvgIpc) is 2.44. The van der Waals surface area contributed by atoms with Crippen molar-refractivity contribution in [2.45, 2.75) is 11.8 Å². The lowest BCUT2D eigenvalue weighted by Crippen LogP contribution is -2.38. The Balaban J connectivity index is 2.99. The molecule has 7 nitrogen and oxygen atoms in total. The lowest BCUT2D eigenvalue weighted by Gasteiger charge is -2.21. The summed E-state index contributed by atoms with van der Waals surface area (Å²) in [5, 5.41) is 0. The van der Waals surface area contributed by atoms with Gasteiger partial charge in [-0.05, 0) is 31.2 Å². The highest BCUT2D eigenvalue weighted by atomic mass is 32.2. The Kier molecular flexibility index (Phi) is 6.60. The Labute approximate surface area is 124 Å². The molecule has 2 N–H and O–H groups in total. The first-order chi connectivity index (χ1) is 9.91. The molecule has 0 unspecified atom stereocenters. The summed E-state index contributed by atoms with van der Waals surface area (Å²) in [5.74, 6) is -0.604. The van der Waals surface area contributed by atoms with Crippen LogP contribution in [0.15, 0.2) is 29.2 Å². The molecule has 0 spiro atoms. The number of rotatable bonds is 8. The van der Waals surface area contributed by atoms with E-state index < -0.39 is 16.0 Å². The number of esters is 1. The van der Waals surface area contributed by atoms with Crippen molar-refractivity contribution in [3.8, 4) is 0 Å². The van der Waals surface area contributed by atoms with Crippen LogP contribution in [-0.2, 0) is 24.3 Å². The zero-order chi connectivity index (χ0) is 15.9. The van der Waals surface area contributed by atoms with Crippen LogP contribution in [0.5, 0.6) is 0 Å². The van der Waals surface area contributed by atoms with Crippen LogP contribution in [0.1, 0.15) is 6.92 Å². The van der Waals surface area contributed by atoms with Gasteiger partial charge in [0.15, 0.2) is 0 Å². The van der Waals surface area contributed by atoms with E-state index in [1.54, 1.807) is 6.92 Å². The molecule has 0 aliphatic rings. The van der Waals surface area contributed by atoms with Crippen molar-refractivity contribution in [2.24, 2.45) is 0 Å².